The molecule has 1 aromatic rings. The van der Waals surface area contributed by atoms with E-state index < -0.39 is 5.60 Å². The Hall–Kier alpha value is -1.22. The van der Waals surface area contributed by atoms with E-state index in [0.29, 0.717) is 6.42 Å². The predicted molar refractivity (Wildman–Crippen MR) is 59.5 cm³/mol. The average molecular weight is 210 g/mol. The maximum absolute atomic E-state index is 9.72. The van der Waals surface area contributed by atoms with Gasteiger partial charge in [0, 0.05) is 12.5 Å². The van der Waals surface area contributed by atoms with Crippen molar-refractivity contribution >= 4 is 0 Å². The van der Waals surface area contributed by atoms with E-state index in [1.807, 2.05) is 18.2 Å². The monoisotopic (exact) mass is 210 g/mol. The summed E-state index contributed by atoms with van der Waals surface area (Å²) in [5.74, 6) is 1.49. The van der Waals surface area contributed by atoms with Crippen LogP contribution in [-0.2, 0) is 6.42 Å². The molecule has 0 spiro atoms. The molecule has 1 rings (SSSR count). The third-order valence-electron chi connectivity index (χ3n) is 2.05. The summed E-state index contributed by atoms with van der Waals surface area (Å²) in [6.45, 7) is 3.55. The molecule has 0 saturated carbocycles. The van der Waals surface area contributed by atoms with E-state index in [0.717, 1.165) is 17.1 Å². The van der Waals surface area contributed by atoms with Crippen molar-refractivity contribution in [2.45, 2.75) is 25.9 Å². The minimum Gasteiger partial charge on any atom is -0.497 e. The summed E-state index contributed by atoms with van der Waals surface area (Å²) in [7, 11) is 3.23. The van der Waals surface area contributed by atoms with Gasteiger partial charge in [0.2, 0.25) is 0 Å². The molecule has 0 aromatic heterocycles. The Morgan fingerprint density at radius 3 is 1.87 bits per heavy atom. The second-order valence-corrected chi connectivity index (χ2v) is 4.21. The first-order valence-corrected chi connectivity index (χ1v) is 4.89. The van der Waals surface area contributed by atoms with Gasteiger partial charge in [-0.05, 0) is 31.5 Å². The van der Waals surface area contributed by atoms with Gasteiger partial charge in [-0.3, -0.25) is 0 Å². The van der Waals surface area contributed by atoms with Crippen LogP contribution >= 0.6 is 0 Å². The van der Waals surface area contributed by atoms with Crippen LogP contribution in [-0.4, -0.2) is 24.9 Å². The van der Waals surface area contributed by atoms with Crippen molar-refractivity contribution in [1.29, 1.82) is 0 Å². The first kappa shape index (κ1) is 11.9. The molecule has 3 nitrogen and oxygen atoms in total. The standard InChI is InChI=1S/C12H18O3/c1-12(2,13)8-9-5-10(14-3)7-11(6-9)15-4/h5-7,13H,8H2,1-4H3. The minimum atomic E-state index is -0.725. The van der Waals surface area contributed by atoms with Gasteiger partial charge in [0.25, 0.3) is 0 Å². The van der Waals surface area contributed by atoms with Crippen LogP contribution in [0.15, 0.2) is 18.2 Å². The fourth-order valence-corrected chi connectivity index (χ4v) is 1.47. The zero-order valence-electron chi connectivity index (χ0n) is 9.70. The zero-order chi connectivity index (χ0) is 11.5. The van der Waals surface area contributed by atoms with E-state index >= 15 is 0 Å². The highest BCUT2D eigenvalue weighted by Gasteiger charge is 2.14. The molecule has 1 N–H and O–H groups in total. The van der Waals surface area contributed by atoms with Crippen LogP contribution in [0.4, 0.5) is 0 Å². The second-order valence-electron chi connectivity index (χ2n) is 4.21. The van der Waals surface area contributed by atoms with Gasteiger partial charge in [-0.25, -0.2) is 0 Å². The average Bonchev–Trinajstić information content (AvgIpc) is 2.14. The van der Waals surface area contributed by atoms with Crippen molar-refractivity contribution in [3.05, 3.63) is 23.8 Å². The molecule has 0 fully saturated rings. The van der Waals surface area contributed by atoms with Crippen molar-refractivity contribution in [3.8, 4) is 11.5 Å². The van der Waals surface area contributed by atoms with Crippen LogP contribution in [0.25, 0.3) is 0 Å². The molecule has 3 heteroatoms. The quantitative estimate of drug-likeness (QED) is 0.826. The van der Waals surface area contributed by atoms with Crippen molar-refractivity contribution in [2.75, 3.05) is 14.2 Å². The smallest absolute Gasteiger partial charge is 0.122 e. The Balaban J connectivity index is 2.97. The Kier molecular flexibility index (Phi) is 3.58. The van der Waals surface area contributed by atoms with Crippen LogP contribution < -0.4 is 9.47 Å². The fourth-order valence-electron chi connectivity index (χ4n) is 1.47. The molecule has 84 valence electrons. The molecule has 0 saturated heterocycles. The van der Waals surface area contributed by atoms with Gasteiger partial charge in [-0.2, -0.15) is 0 Å². The summed E-state index contributed by atoms with van der Waals surface area (Å²) < 4.78 is 10.3. The van der Waals surface area contributed by atoms with Crippen LogP contribution in [0.2, 0.25) is 0 Å². The molecule has 0 unspecified atom stereocenters. The lowest BCUT2D eigenvalue weighted by atomic mass is 9.98. The number of ether oxygens (including phenoxy) is 2. The molecule has 1 aromatic carbocycles. The number of methoxy groups -OCH3 is 2. The SMILES string of the molecule is COc1cc(CC(C)(C)O)cc(OC)c1. The third kappa shape index (κ3) is 3.80. The Bertz CT molecular complexity index is 304. The fraction of sp³-hybridized carbons (Fsp3) is 0.500. The summed E-state index contributed by atoms with van der Waals surface area (Å²) >= 11 is 0. The molecule has 0 aliphatic rings. The Morgan fingerprint density at radius 2 is 1.53 bits per heavy atom. The van der Waals surface area contributed by atoms with Gasteiger partial charge < -0.3 is 14.6 Å². The molecule has 0 aliphatic carbocycles. The van der Waals surface area contributed by atoms with Gasteiger partial charge in [0.1, 0.15) is 11.5 Å². The van der Waals surface area contributed by atoms with E-state index in [-0.39, 0.29) is 0 Å². The zero-order valence-corrected chi connectivity index (χ0v) is 9.70. The molecule has 0 radical (unpaired) electrons. The van der Waals surface area contributed by atoms with E-state index in [2.05, 4.69) is 0 Å². The molecular weight excluding hydrogens is 192 g/mol. The molecule has 0 amide bonds. The minimum absolute atomic E-state index is 0.570. The number of benzene rings is 1. The van der Waals surface area contributed by atoms with E-state index in [4.69, 9.17) is 9.47 Å². The molecular formula is C12H18O3. The summed E-state index contributed by atoms with van der Waals surface area (Å²) in [5, 5.41) is 9.72. The molecule has 15 heavy (non-hydrogen) atoms. The van der Waals surface area contributed by atoms with Crippen LogP contribution in [0.3, 0.4) is 0 Å². The van der Waals surface area contributed by atoms with E-state index in [9.17, 15) is 5.11 Å². The van der Waals surface area contributed by atoms with Crippen molar-refractivity contribution in [3.63, 3.8) is 0 Å². The number of aliphatic hydroxyl groups is 1. The third-order valence-corrected chi connectivity index (χ3v) is 2.05. The van der Waals surface area contributed by atoms with E-state index in [1.54, 1.807) is 28.1 Å². The van der Waals surface area contributed by atoms with Crippen molar-refractivity contribution < 1.29 is 14.6 Å². The molecule has 0 aliphatic heterocycles. The number of hydrogen-bond acceptors (Lipinski definition) is 3. The van der Waals surface area contributed by atoms with Crippen LogP contribution in [0, 0.1) is 0 Å². The summed E-state index contributed by atoms with van der Waals surface area (Å²) in [5.41, 5.74) is 0.274. The van der Waals surface area contributed by atoms with Gasteiger partial charge in [0.05, 0.1) is 19.8 Å². The maximum atomic E-state index is 9.72. The lowest BCUT2D eigenvalue weighted by Crippen LogP contribution is -2.21. The normalized spacial score (nSPS) is 11.3. The first-order chi connectivity index (χ1) is 6.94. The van der Waals surface area contributed by atoms with Crippen LogP contribution in [0.1, 0.15) is 19.4 Å². The number of hydrogen-bond donors (Lipinski definition) is 1. The van der Waals surface area contributed by atoms with Gasteiger partial charge in [-0.15, -0.1) is 0 Å². The van der Waals surface area contributed by atoms with Gasteiger partial charge in [0.15, 0.2) is 0 Å². The predicted octanol–water partition coefficient (Wildman–Crippen LogP) is 2.02. The highest BCUT2D eigenvalue weighted by Crippen LogP contribution is 2.24. The summed E-state index contributed by atoms with van der Waals surface area (Å²) in [6.07, 6.45) is 0.570. The topological polar surface area (TPSA) is 38.7 Å². The first-order valence-electron chi connectivity index (χ1n) is 4.89. The van der Waals surface area contributed by atoms with E-state index in [1.165, 1.54) is 0 Å². The highest BCUT2D eigenvalue weighted by molar-refractivity contribution is 5.38. The molecule has 0 atom stereocenters. The Morgan fingerprint density at radius 1 is 1.07 bits per heavy atom. The summed E-state index contributed by atoms with van der Waals surface area (Å²) in [4.78, 5) is 0. The lowest BCUT2D eigenvalue weighted by molar-refractivity contribution is 0.0809. The van der Waals surface area contributed by atoms with Crippen molar-refractivity contribution in [1.82, 2.24) is 0 Å². The largest absolute Gasteiger partial charge is 0.497 e. The number of rotatable bonds is 4. The Labute approximate surface area is 90.6 Å². The van der Waals surface area contributed by atoms with Crippen molar-refractivity contribution in [2.24, 2.45) is 0 Å². The van der Waals surface area contributed by atoms with Gasteiger partial charge in [-0.1, -0.05) is 0 Å². The molecule has 0 bridgehead atoms. The van der Waals surface area contributed by atoms with Crippen LogP contribution in [0.5, 0.6) is 11.5 Å². The molecule has 0 heterocycles. The van der Waals surface area contributed by atoms with Gasteiger partial charge >= 0.3 is 0 Å². The highest BCUT2D eigenvalue weighted by atomic mass is 16.5. The second kappa shape index (κ2) is 4.53. The maximum Gasteiger partial charge on any atom is 0.122 e. The lowest BCUT2D eigenvalue weighted by Gasteiger charge is -2.18. The summed E-state index contributed by atoms with van der Waals surface area (Å²) in [6, 6.07) is 5.62.